The molecule has 0 saturated carbocycles. The molecule has 0 spiro atoms. The van der Waals surface area contributed by atoms with Crippen molar-refractivity contribution in [2.75, 3.05) is 33.9 Å². The SMILES string of the molecule is COc1cc2c(cc1OC)CN(CCC1CCCN1)CC2. The summed E-state index contributed by atoms with van der Waals surface area (Å²) in [5.74, 6) is 1.69. The first-order valence-electron chi connectivity index (χ1n) is 7.99. The molecule has 1 N–H and O–H groups in total. The summed E-state index contributed by atoms with van der Waals surface area (Å²) in [4.78, 5) is 2.56. The van der Waals surface area contributed by atoms with Crippen molar-refractivity contribution in [3.8, 4) is 11.5 Å². The van der Waals surface area contributed by atoms with Crippen molar-refractivity contribution in [3.63, 3.8) is 0 Å². The van der Waals surface area contributed by atoms with Crippen molar-refractivity contribution >= 4 is 0 Å². The van der Waals surface area contributed by atoms with Crippen molar-refractivity contribution in [1.29, 1.82) is 0 Å². The first-order valence-corrected chi connectivity index (χ1v) is 7.99. The molecule has 2 aliphatic rings. The van der Waals surface area contributed by atoms with Gasteiger partial charge in [0.1, 0.15) is 0 Å². The van der Waals surface area contributed by atoms with Crippen LogP contribution in [0.2, 0.25) is 0 Å². The van der Waals surface area contributed by atoms with Crippen LogP contribution in [0.15, 0.2) is 12.1 Å². The molecule has 3 rings (SSSR count). The van der Waals surface area contributed by atoms with Crippen LogP contribution < -0.4 is 14.8 Å². The maximum Gasteiger partial charge on any atom is 0.161 e. The number of rotatable bonds is 5. The quantitative estimate of drug-likeness (QED) is 0.901. The van der Waals surface area contributed by atoms with Crippen LogP contribution in [-0.4, -0.2) is 44.8 Å². The topological polar surface area (TPSA) is 33.7 Å². The van der Waals surface area contributed by atoms with Gasteiger partial charge in [0.15, 0.2) is 11.5 Å². The molecule has 0 aliphatic carbocycles. The minimum Gasteiger partial charge on any atom is -0.493 e. The van der Waals surface area contributed by atoms with Gasteiger partial charge in [-0.05, 0) is 62.0 Å². The molecule has 0 bridgehead atoms. The van der Waals surface area contributed by atoms with Crippen LogP contribution in [0.5, 0.6) is 11.5 Å². The zero-order valence-electron chi connectivity index (χ0n) is 13.2. The van der Waals surface area contributed by atoms with E-state index >= 15 is 0 Å². The molecule has 4 nitrogen and oxygen atoms in total. The van der Waals surface area contributed by atoms with Crippen LogP contribution in [0.1, 0.15) is 30.4 Å². The molecule has 0 radical (unpaired) electrons. The Bertz CT molecular complexity index is 484. The molecule has 0 aromatic heterocycles. The molecule has 21 heavy (non-hydrogen) atoms. The molecular weight excluding hydrogens is 264 g/mol. The number of benzene rings is 1. The third-order valence-electron chi connectivity index (χ3n) is 4.75. The van der Waals surface area contributed by atoms with Gasteiger partial charge < -0.3 is 14.8 Å². The van der Waals surface area contributed by atoms with Crippen LogP contribution in [0, 0.1) is 0 Å². The van der Waals surface area contributed by atoms with Gasteiger partial charge in [-0.15, -0.1) is 0 Å². The lowest BCUT2D eigenvalue weighted by Gasteiger charge is -2.30. The van der Waals surface area contributed by atoms with Crippen LogP contribution in [0.4, 0.5) is 0 Å². The van der Waals surface area contributed by atoms with Crippen molar-refractivity contribution in [2.24, 2.45) is 0 Å². The van der Waals surface area contributed by atoms with E-state index in [9.17, 15) is 0 Å². The Morgan fingerprint density at radius 3 is 2.62 bits per heavy atom. The fraction of sp³-hybridized carbons (Fsp3) is 0.647. The molecule has 116 valence electrons. The molecule has 1 aromatic rings. The summed E-state index contributed by atoms with van der Waals surface area (Å²) in [5, 5.41) is 3.59. The second-order valence-corrected chi connectivity index (χ2v) is 6.08. The number of nitrogens with one attached hydrogen (secondary N) is 1. The first kappa shape index (κ1) is 14.7. The standard InChI is InChI=1S/C17H26N2O2/c1-20-16-10-13-5-8-19(9-6-15-4-3-7-18-15)12-14(13)11-17(16)21-2/h10-11,15,18H,3-9,12H2,1-2H3. The Hall–Kier alpha value is -1.26. The highest BCUT2D eigenvalue weighted by Crippen LogP contribution is 2.33. The normalized spacial score (nSPS) is 22.1. The maximum atomic E-state index is 5.43. The van der Waals surface area contributed by atoms with E-state index in [1.165, 1.54) is 43.5 Å². The number of hydrogen-bond donors (Lipinski definition) is 1. The van der Waals surface area contributed by atoms with Crippen molar-refractivity contribution in [1.82, 2.24) is 10.2 Å². The molecular formula is C17H26N2O2. The summed E-state index contributed by atoms with van der Waals surface area (Å²) in [6.07, 6.45) is 5.05. The lowest BCUT2D eigenvalue weighted by atomic mass is 9.98. The highest BCUT2D eigenvalue weighted by Gasteiger charge is 2.21. The molecule has 1 atom stereocenters. The van der Waals surface area contributed by atoms with Gasteiger partial charge in [-0.1, -0.05) is 0 Å². The van der Waals surface area contributed by atoms with E-state index in [1.54, 1.807) is 14.2 Å². The molecule has 1 unspecified atom stereocenters. The van der Waals surface area contributed by atoms with Crippen LogP contribution in [0.25, 0.3) is 0 Å². The molecule has 0 amide bonds. The number of fused-ring (bicyclic) bond motifs is 1. The van der Waals surface area contributed by atoms with Crippen molar-refractivity contribution in [3.05, 3.63) is 23.3 Å². The van der Waals surface area contributed by atoms with Gasteiger partial charge in [0.25, 0.3) is 0 Å². The van der Waals surface area contributed by atoms with E-state index in [1.807, 2.05) is 0 Å². The summed E-state index contributed by atoms with van der Waals surface area (Å²) in [5.41, 5.74) is 2.79. The second-order valence-electron chi connectivity index (χ2n) is 6.08. The lowest BCUT2D eigenvalue weighted by molar-refractivity contribution is 0.240. The smallest absolute Gasteiger partial charge is 0.161 e. The van der Waals surface area contributed by atoms with Crippen LogP contribution in [0.3, 0.4) is 0 Å². The van der Waals surface area contributed by atoms with Gasteiger partial charge in [-0.25, -0.2) is 0 Å². The Labute approximate surface area is 127 Å². The highest BCUT2D eigenvalue weighted by molar-refractivity contribution is 5.48. The monoisotopic (exact) mass is 290 g/mol. The lowest BCUT2D eigenvalue weighted by Crippen LogP contribution is -2.34. The number of methoxy groups -OCH3 is 2. The second kappa shape index (κ2) is 6.67. The summed E-state index contributed by atoms with van der Waals surface area (Å²) in [7, 11) is 3.41. The Kier molecular flexibility index (Phi) is 4.66. The first-order chi connectivity index (χ1) is 10.3. The Morgan fingerprint density at radius 1 is 1.19 bits per heavy atom. The summed E-state index contributed by atoms with van der Waals surface area (Å²) in [6, 6.07) is 5.02. The Morgan fingerprint density at radius 2 is 1.95 bits per heavy atom. The molecule has 2 heterocycles. The zero-order chi connectivity index (χ0) is 14.7. The Balaban J connectivity index is 1.63. The number of hydrogen-bond acceptors (Lipinski definition) is 4. The minimum absolute atomic E-state index is 0.733. The average Bonchev–Trinajstić information content (AvgIpc) is 3.04. The number of nitrogens with zero attached hydrogens (tertiary/aromatic N) is 1. The van der Waals surface area contributed by atoms with Gasteiger partial charge in [-0.3, -0.25) is 4.90 Å². The van der Waals surface area contributed by atoms with E-state index in [0.29, 0.717) is 0 Å². The van der Waals surface area contributed by atoms with Gasteiger partial charge in [0.05, 0.1) is 14.2 Å². The largest absolute Gasteiger partial charge is 0.493 e. The predicted octanol–water partition coefficient (Wildman–Crippen LogP) is 2.20. The van der Waals surface area contributed by atoms with E-state index < -0.39 is 0 Å². The summed E-state index contributed by atoms with van der Waals surface area (Å²) in [6.45, 7) is 4.56. The maximum absolute atomic E-state index is 5.43. The predicted molar refractivity (Wildman–Crippen MR) is 84.2 cm³/mol. The van der Waals surface area contributed by atoms with E-state index in [-0.39, 0.29) is 0 Å². The zero-order valence-corrected chi connectivity index (χ0v) is 13.2. The molecule has 1 fully saturated rings. The van der Waals surface area contributed by atoms with Crippen LogP contribution in [-0.2, 0) is 13.0 Å². The van der Waals surface area contributed by atoms with Gasteiger partial charge in [0.2, 0.25) is 0 Å². The fourth-order valence-electron chi connectivity index (χ4n) is 3.47. The summed E-state index contributed by atoms with van der Waals surface area (Å²) < 4.78 is 10.8. The van der Waals surface area contributed by atoms with Gasteiger partial charge in [-0.2, -0.15) is 0 Å². The molecule has 4 heteroatoms. The average molecular weight is 290 g/mol. The third kappa shape index (κ3) is 3.33. The van der Waals surface area contributed by atoms with E-state index in [0.717, 1.165) is 37.1 Å². The molecule has 2 aliphatic heterocycles. The van der Waals surface area contributed by atoms with E-state index in [4.69, 9.17) is 9.47 Å². The van der Waals surface area contributed by atoms with Crippen LogP contribution >= 0.6 is 0 Å². The fourth-order valence-corrected chi connectivity index (χ4v) is 3.47. The van der Waals surface area contributed by atoms with E-state index in [2.05, 4.69) is 22.3 Å². The highest BCUT2D eigenvalue weighted by atomic mass is 16.5. The van der Waals surface area contributed by atoms with Gasteiger partial charge in [0, 0.05) is 19.1 Å². The molecule has 1 saturated heterocycles. The molecule has 1 aromatic carbocycles. The van der Waals surface area contributed by atoms with Crippen molar-refractivity contribution in [2.45, 2.75) is 38.3 Å². The third-order valence-corrected chi connectivity index (χ3v) is 4.75. The minimum atomic E-state index is 0.733. The van der Waals surface area contributed by atoms with Crippen molar-refractivity contribution < 1.29 is 9.47 Å². The summed E-state index contributed by atoms with van der Waals surface area (Å²) >= 11 is 0. The van der Waals surface area contributed by atoms with Gasteiger partial charge >= 0.3 is 0 Å². The number of ether oxygens (including phenoxy) is 2.